The number of nitrogens with one attached hydrogen (secondary N) is 1. The highest BCUT2D eigenvalue weighted by molar-refractivity contribution is 8.24. The molecule has 20 heavy (non-hydrogen) atoms. The summed E-state index contributed by atoms with van der Waals surface area (Å²) in [6.07, 6.45) is 0. The first kappa shape index (κ1) is 16.9. The summed E-state index contributed by atoms with van der Waals surface area (Å²) >= 11 is 0. The lowest BCUT2D eigenvalue weighted by molar-refractivity contribution is 0.243. The topological polar surface area (TPSA) is 126 Å². The van der Waals surface area contributed by atoms with Gasteiger partial charge in [-0.25, -0.2) is 0 Å². The van der Waals surface area contributed by atoms with Crippen LogP contribution in [-0.2, 0) is 0 Å². The Morgan fingerprint density at radius 3 is 2.65 bits per heavy atom. The zero-order valence-electron chi connectivity index (χ0n) is 11.2. The molecule has 1 aliphatic heterocycles. The Bertz CT molecular complexity index is 531. The van der Waals surface area contributed by atoms with E-state index in [1.165, 1.54) is 0 Å². The predicted molar refractivity (Wildman–Crippen MR) is 84.6 cm³/mol. The second-order valence-electron chi connectivity index (χ2n) is 5.05. The van der Waals surface area contributed by atoms with Crippen LogP contribution in [-0.4, -0.2) is 27.1 Å². The molecule has 7 N–H and O–H groups in total. The molecule has 0 saturated heterocycles. The van der Waals surface area contributed by atoms with Crippen LogP contribution in [0.2, 0.25) is 0 Å². The minimum absolute atomic E-state index is 0. The van der Waals surface area contributed by atoms with Crippen LogP contribution in [0.4, 0.5) is 5.69 Å². The minimum atomic E-state index is -3.27. The van der Waals surface area contributed by atoms with E-state index in [2.05, 4.69) is 9.12 Å². The maximum Gasteiger partial charge on any atom is 0.158 e. The zero-order chi connectivity index (χ0) is 14.3. The van der Waals surface area contributed by atoms with E-state index < -0.39 is 16.5 Å². The molecular formula is C11H19ClN4O3S. The van der Waals surface area contributed by atoms with Gasteiger partial charge in [0.25, 0.3) is 0 Å². The van der Waals surface area contributed by atoms with Crippen molar-refractivity contribution in [3.63, 3.8) is 0 Å². The molecular weight excluding hydrogens is 304 g/mol. The summed E-state index contributed by atoms with van der Waals surface area (Å²) in [5.41, 5.74) is 12.1. The number of halogens is 1. The van der Waals surface area contributed by atoms with Gasteiger partial charge in [0, 0.05) is 5.54 Å². The number of rotatable bonds is 3. The van der Waals surface area contributed by atoms with E-state index in [1.807, 2.05) is 13.8 Å². The molecule has 7 nitrogen and oxygen atoms in total. The van der Waals surface area contributed by atoms with Gasteiger partial charge in [0.1, 0.15) is 12.4 Å². The molecule has 0 atom stereocenters. The molecule has 0 fully saturated rings. The Morgan fingerprint density at radius 1 is 1.40 bits per heavy atom. The summed E-state index contributed by atoms with van der Waals surface area (Å²) in [7, 11) is -3.27. The summed E-state index contributed by atoms with van der Waals surface area (Å²) < 4.78 is 30.9. The van der Waals surface area contributed by atoms with Crippen LogP contribution in [0, 0.1) is 0 Å². The van der Waals surface area contributed by atoms with Gasteiger partial charge in [-0.1, -0.05) is 6.07 Å². The van der Waals surface area contributed by atoms with Crippen molar-refractivity contribution < 1.29 is 13.8 Å². The maximum atomic E-state index is 9.54. The van der Waals surface area contributed by atoms with Gasteiger partial charge >= 0.3 is 0 Å². The molecule has 0 radical (unpaired) electrons. The molecule has 1 aliphatic rings. The van der Waals surface area contributed by atoms with Crippen LogP contribution in [0.25, 0.3) is 0 Å². The molecule has 0 aromatic heterocycles. The molecule has 2 rings (SSSR count). The molecule has 0 amide bonds. The van der Waals surface area contributed by atoms with Crippen molar-refractivity contribution >= 4 is 34.9 Å². The van der Waals surface area contributed by atoms with Crippen molar-refractivity contribution in [1.82, 2.24) is 0 Å². The lowest BCUT2D eigenvalue weighted by Crippen LogP contribution is -2.39. The fraction of sp³-hybridized carbons (Fsp3) is 0.364. The molecule has 0 saturated carbocycles. The number of benzene rings is 1. The first-order chi connectivity index (χ1) is 8.68. The van der Waals surface area contributed by atoms with E-state index in [4.69, 9.17) is 16.2 Å². The summed E-state index contributed by atoms with van der Waals surface area (Å²) in [5.74, 6) is 0.527. The van der Waals surface area contributed by atoms with Crippen molar-refractivity contribution in [2.45, 2.75) is 19.4 Å². The number of hydrogen-bond donors (Lipinski definition) is 5. The number of ether oxygens (including phenoxy) is 1. The third-order valence-electron chi connectivity index (χ3n) is 2.35. The van der Waals surface area contributed by atoms with Crippen LogP contribution < -0.4 is 20.9 Å². The van der Waals surface area contributed by atoms with Crippen molar-refractivity contribution in [2.75, 3.05) is 11.3 Å². The molecule has 1 heterocycles. The molecule has 0 aliphatic carbocycles. The first-order valence-electron chi connectivity index (χ1n) is 5.64. The van der Waals surface area contributed by atoms with E-state index in [9.17, 15) is 9.11 Å². The van der Waals surface area contributed by atoms with Gasteiger partial charge in [0.2, 0.25) is 0 Å². The second-order valence-corrected chi connectivity index (χ2v) is 6.48. The summed E-state index contributed by atoms with van der Waals surface area (Å²) in [6, 6.07) is 5.12. The van der Waals surface area contributed by atoms with Gasteiger partial charge in [0.05, 0.1) is 11.3 Å². The van der Waals surface area contributed by atoms with Crippen LogP contribution in [0.15, 0.2) is 22.6 Å². The largest absolute Gasteiger partial charge is 0.491 e. The zero-order valence-corrected chi connectivity index (χ0v) is 12.8. The van der Waals surface area contributed by atoms with Crippen LogP contribution in [0.5, 0.6) is 5.75 Å². The Balaban J connectivity index is 0.00000200. The van der Waals surface area contributed by atoms with Gasteiger partial charge < -0.3 is 16.2 Å². The van der Waals surface area contributed by atoms with Crippen molar-refractivity contribution in [3.8, 4) is 5.75 Å². The molecule has 0 unspecified atom stereocenters. The molecule has 0 spiro atoms. The van der Waals surface area contributed by atoms with E-state index in [0.29, 0.717) is 23.6 Å². The van der Waals surface area contributed by atoms with E-state index >= 15 is 0 Å². The number of amidine groups is 1. The van der Waals surface area contributed by atoms with Crippen LogP contribution in [0.1, 0.15) is 19.4 Å². The standard InChI is InChI=1S/C11H18N4O3S.ClH/c1-11(2,13)6-18-8-5-3-4-7-9(8)10(12)15-19(16,17)14-7;/h3-5,14,16-17H,6,13H2,1-2H3,(H2,12,15);1H. The SMILES string of the molecule is CC(C)(N)COc1cccc2c1C(N)=NS(O)(O)N2.Cl. The maximum absolute atomic E-state index is 9.54. The molecule has 1 aromatic carbocycles. The van der Waals surface area contributed by atoms with Crippen LogP contribution >= 0.6 is 23.4 Å². The minimum Gasteiger partial charge on any atom is -0.491 e. The van der Waals surface area contributed by atoms with Gasteiger partial charge in [-0.15, -0.1) is 16.8 Å². The monoisotopic (exact) mass is 322 g/mol. The quantitative estimate of drug-likeness (QED) is 0.579. The predicted octanol–water partition coefficient (Wildman–Crippen LogP) is 1.94. The third-order valence-corrected chi connectivity index (χ3v) is 3.30. The Labute approximate surface area is 125 Å². The average molecular weight is 323 g/mol. The van der Waals surface area contributed by atoms with E-state index in [-0.39, 0.29) is 18.2 Å². The summed E-state index contributed by atoms with van der Waals surface area (Å²) in [5, 5.41) is 0. The van der Waals surface area contributed by atoms with E-state index in [0.717, 1.165) is 0 Å². The first-order valence-corrected chi connectivity index (χ1v) is 7.15. The second kappa shape index (κ2) is 5.66. The number of hydrogen-bond acceptors (Lipinski definition) is 7. The molecule has 0 bridgehead atoms. The summed E-state index contributed by atoms with van der Waals surface area (Å²) in [6.45, 7) is 3.98. The smallest absolute Gasteiger partial charge is 0.158 e. The number of nitrogens with two attached hydrogens (primary N) is 2. The highest BCUT2D eigenvalue weighted by Crippen LogP contribution is 2.46. The molecule has 114 valence electrons. The van der Waals surface area contributed by atoms with Gasteiger partial charge in [-0.2, -0.15) is 0 Å². The Kier molecular flexibility index (Phi) is 4.78. The van der Waals surface area contributed by atoms with Crippen molar-refractivity contribution in [3.05, 3.63) is 23.8 Å². The average Bonchev–Trinajstić information content (AvgIpc) is 2.22. The normalized spacial score (nSPS) is 17.9. The number of anilines is 1. The van der Waals surface area contributed by atoms with Gasteiger partial charge in [0.15, 0.2) is 5.84 Å². The van der Waals surface area contributed by atoms with Gasteiger partial charge in [-0.3, -0.25) is 13.8 Å². The third kappa shape index (κ3) is 3.90. The van der Waals surface area contributed by atoms with E-state index in [1.54, 1.807) is 18.2 Å². The molecule has 1 aromatic rings. The van der Waals surface area contributed by atoms with Crippen molar-refractivity contribution in [1.29, 1.82) is 0 Å². The lowest BCUT2D eigenvalue weighted by atomic mass is 10.1. The fourth-order valence-electron chi connectivity index (χ4n) is 1.62. The number of fused-ring (bicyclic) bond motifs is 1. The van der Waals surface area contributed by atoms with Crippen LogP contribution in [0.3, 0.4) is 0 Å². The lowest BCUT2D eigenvalue weighted by Gasteiger charge is -2.33. The fourth-order valence-corrected chi connectivity index (χ4v) is 2.49. The number of nitrogens with zero attached hydrogens (tertiary/aromatic N) is 1. The highest BCUT2D eigenvalue weighted by atomic mass is 35.5. The Morgan fingerprint density at radius 2 is 2.05 bits per heavy atom. The van der Waals surface area contributed by atoms with Gasteiger partial charge in [-0.05, 0) is 36.9 Å². The Hall–Kier alpha value is -1.19. The van der Waals surface area contributed by atoms with Crippen molar-refractivity contribution in [2.24, 2.45) is 15.9 Å². The summed E-state index contributed by atoms with van der Waals surface area (Å²) in [4.78, 5) is 0. The highest BCUT2D eigenvalue weighted by Gasteiger charge is 2.25. The molecule has 9 heteroatoms.